The van der Waals surface area contributed by atoms with Crippen LogP contribution in [0.3, 0.4) is 0 Å². The molecule has 0 atom stereocenters. The molecule has 0 aromatic heterocycles. The SMILES string of the molecule is COCCc1cc(O)c(O)c(-c2cc(CCO)cc(O)c2O)c1. The standard InChI is InChI=1S/C17H20O6/c1-23-5-3-11-7-13(17(22)15(20)9-11)12-6-10(2-4-18)8-14(19)16(12)21/h6-9,18-22H,2-5H2,1H3. The van der Waals surface area contributed by atoms with Gasteiger partial charge in [-0.25, -0.2) is 0 Å². The molecule has 0 heterocycles. The van der Waals surface area contributed by atoms with E-state index in [1.165, 1.54) is 12.1 Å². The lowest BCUT2D eigenvalue weighted by Crippen LogP contribution is -1.96. The maximum atomic E-state index is 10.1. The molecule has 0 amide bonds. The molecule has 0 aliphatic rings. The van der Waals surface area contributed by atoms with Gasteiger partial charge in [-0.2, -0.15) is 0 Å². The van der Waals surface area contributed by atoms with E-state index in [0.717, 1.165) is 0 Å². The Morgan fingerprint density at radius 2 is 1.26 bits per heavy atom. The first-order valence-electron chi connectivity index (χ1n) is 7.17. The van der Waals surface area contributed by atoms with E-state index in [1.807, 2.05) is 0 Å². The molecule has 0 bridgehead atoms. The molecule has 0 aliphatic carbocycles. The van der Waals surface area contributed by atoms with Crippen molar-refractivity contribution >= 4 is 0 Å². The number of aliphatic hydroxyl groups excluding tert-OH is 1. The number of benzene rings is 2. The van der Waals surface area contributed by atoms with Crippen LogP contribution in [0, 0.1) is 0 Å². The van der Waals surface area contributed by atoms with E-state index in [-0.39, 0.29) is 41.4 Å². The van der Waals surface area contributed by atoms with Crippen LogP contribution in [0.25, 0.3) is 11.1 Å². The molecular formula is C17H20O6. The molecule has 6 heteroatoms. The molecule has 0 unspecified atom stereocenters. The summed E-state index contributed by atoms with van der Waals surface area (Å²) in [5.74, 6) is -1.46. The quantitative estimate of drug-likeness (QED) is 0.520. The Labute approximate surface area is 133 Å². The molecule has 2 aromatic carbocycles. The lowest BCUT2D eigenvalue weighted by molar-refractivity contribution is 0.202. The van der Waals surface area contributed by atoms with E-state index in [2.05, 4.69) is 0 Å². The van der Waals surface area contributed by atoms with Crippen molar-refractivity contribution in [1.82, 2.24) is 0 Å². The summed E-state index contributed by atoms with van der Waals surface area (Å²) in [5.41, 5.74) is 1.69. The Bertz CT molecular complexity index is 696. The Balaban J connectivity index is 2.58. The lowest BCUT2D eigenvalue weighted by Gasteiger charge is -2.13. The normalized spacial score (nSPS) is 10.9. The molecule has 0 fully saturated rings. The molecule has 2 rings (SSSR count). The van der Waals surface area contributed by atoms with E-state index in [0.29, 0.717) is 24.2 Å². The highest BCUT2D eigenvalue weighted by atomic mass is 16.5. The molecule has 0 spiro atoms. The number of ether oxygens (including phenoxy) is 1. The second-order valence-electron chi connectivity index (χ2n) is 5.24. The maximum Gasteiger partial charge on any atom is 0.165 e. The molecule has 2 aromatic rings. The first-order valence-corrected chi connectivity index (χ1v) is 7.17. The third-order valence-electron chi connectivity index (χ3n) is 3.58. The molecular weight excluding hydrogens is 300 g/mol. The first-order chi connectivity index (χ1) is 11.0. The Kier molecular flexibility index (Phi) is 5.31. The first kappa shape index (κ1) is 16.9. The number of phenolic OH excluding ortho intramolecular Hbond substituents is 4. The monoisotopic (exact) mass is 320 g/mol. The van der Waals surface area contributed by atoms with Gasteiger partial charge in [0.15, 0.2) is 23.0 Å². The zero-order valence-electron chi connectivity index (χ0n) is 12.8. The van der Waals surface area contributed by atoms with Crippen LogP contribution in [0.15, 0.2) is 24.3 Å². The van der Waals surface area contributed by atoms with Gasteiger partial charge in [0.25, 0.3) is 0 Å². The van der Waals surface area contributed by atoms with Crippen molar-refractivity contribution in [1.29, 1.82) is 0 Å². The largest absolute Gasteiger partial charge is 0.504 e. The number of hydrogen-bond acceptors (Lipinski definition) is 6. The van der Waals surface area contributed by atoms with Crippen LogP contribution in [-0.4, -0.2) is 45.9 Å². The third kappa shape index (κ3) is 3.67. The summed E-state index contributed by atoms with van der Waals surface area (Å²) in [6.07, 6.45) is 0.803. The fourth-order valence-corrected chi connectivity index (χ4v) is 2.40. The van der Waals surface area contributed by atoms with Crippen molar-refractivity contribution in [3.8, 4) is 34.1 Å². The van der Waals surface area contributed by atoms with E-state index in [9.17, 15) is 20.4 Å². The smallest absolute Gasteiger partial charge is 0.165 e. The Hall–Kier alpha value is -2.44. The number of hydrogen-bond donors (Lipinski definition) is 5. The summed E-state index contributed by atoms with van der Waals surface area (Å²) in [6, 6.07) is 5.94. The highest BCUT2D eigenvalue weighted by molar-refractivity contribution is 5.80. The molecule has 6 nitrogen and oxygen atoms in total. The Morgan fingerprint density at radius 1 is 0.783 bits per heavy atom. The minimum atomic E-state index is -0.398. The zero-order valence-corrected chi connectivity index (χ0v) is 12.8. The van der Waals surface area contributed by atoms with Crippen LogP contribution in [-0.2, 0) is 17.6 Å². The molecule has 23 heavy (non-hydrogen) atoms. The van der Waals surface area contributed by atoms with Crippen LogP contribution in [0.1, 0.15) is 11.1 Å². The summed E-state index contributed by atoms with van der Waals surface area (Å²) < 4.78 is 4.99. The van der Waals surface area contributed by atoms with Gasteiger partial charge in [0.1, 0.15) is 0 Å². The highest BCUT2D eigenvalue weighted by Gasteiger charge is 2.17. The van der Waals surface area contributed by atoms with Gasteiger partial charge in [0.2, 0.25) is 0 Å². The van der Waals surface area contributed by atoms with E-state index >= 15 is 0 Å². The van der Waals surface area contributed by atoms with Crippen molar-refractivity contribution in [2.24, 2.45) is 0 Å². The lowest BCUT2D eigenvalue weighted by atomic mass is 9.96. The van der Waals surface area contributed by atoms with Gasteiger partial charge in [0.05, 0.1) is 6.61 Å². The van der Waals surface area contributed by atoms with E-state index in [4.69, 9.17) is 9.84 Å². The van der Waals surface area contributed by atoms with Gasteiger partial charge in [0, 0.05) is 24.8 Å². The van der Waals surface area contributed by atoms with Crippen LogP contribution in [0.4, 0.5) is 0 Å². The molecule has 0 radical (unpaired) electrons. The molecule has 0 aliphatic heterocycles. The second kappa shape index (κ2) is 7.21. The number of aromatic hydroxyl groups is 4. The van der Waals surface area contributed by atoms with Gasteiger partial charge in [-0.05, 0) is 48.2 Å². The average molecular weight is 320 g/mol. The fraction of sp³-hybridized carbons (Fsp3) is 0.294. The number of aliphatic hydroxyl groups is 1. The van der Waals surface area contributed by atoms with Crippen LogP contribution in [0.5, 0.6) is 23.0 Å². The Morgan fingerprint density at radius 3 is 1.70 bits per heavy atom. The van der Waals surface area contributed by atoms with Crippen molar-refractivity contribution in [2.45, 2.75) is 12.8 Å². The minimum absolute atomic E-state index is 0.116. The van der Waals surface area contributed by atoms with E-state index in [1.54, 1.807) is 19.2 Å². The van der Waals surface area contributed by atoms with Gasteiger partial charge < -0.3 is 30.3 Å². The van der Waals surface area contributed by atoms with Crippen molar-refractivity contribution in [3.63, 3.8) is 0 Å². The van der Waals surface area contributed by atoms with Crippen LogP contribution in [0.2, 0.25) is 0 Å². The van der Waals surface area contributed by atoms with Crippen LogP contribution < -0.4 is 0 Å². The van der Waals surface area contributed by atoms with Crippen LogP contribution >= 0.6 is 0 Å². The summed E-state index contributed by atoms with van der Waals surface area (Å²) in [6.45, 7) is 0.320. The van der Waals surface area contributed by atoms with Crippen molar-refractivity contribution < 1.29 is 30.3 Å². The zero-order chi connectivity index (χ0) is 17.0. The topological polar surface area (TPSA) is 110 Å². The molecule has 0 saturated heterocycles. The predicted molar refractivity (Wildman–Crippen MR) is 84.9 cm³/mol. The van der Waals surface area contributed by atoms with E-state index < -0.39 is 5.75 Å². The third-order valence-corrected chi connectivity index (χ3v) is 3.58. The van der Waals surface area contributed by atoms with Gasteiger partial charge in [-0.15, -0.1) is 0 Å². The highest BCUT2D eigenvalue weighted by Crippen LogP contribution is 2.44. The summed E-state index contributed by atoms with van der Waals surface area (Å²) >= 11 is 0. The molecule has 5 N–H and O–H groups in total. The number of methoxy groups -OCH3 is 1. The number of phenols is 4. The van der Waals surface area contributed by atoms with Crippen molar-refractivity contribution in [2.75, 3.05) is 20.3 Å². The van der Waals surface area contributed by atoms with Gasteiger partial charge >= 0.3 is 0 Å². The van der Waals surface area contributed by atoms with Crippen molar-refractivity contribution in [3.05, 3.63) is 35.4 Å². The predicted octanol–water partition coefficient (Wildman–Crippen LogP) is 1.90. The van der Waals surface area contributed by atoms with Gasteiger partial charge in [-0.3, -0.25) is 0 Å². The molecule has 124 valence electrons. The summed E-state index contributed by atoms with van der Waals surface area (Å²) in [5, 5.41) is 49.0. The summed E-state index contributed by atoms with van der Waals surface area (Å²) in [7, 11) is 1.56. The summed E-state index contributed by atoms with van der Waals surface area (Å²) in [4.78, 5) is 0. The average Bonchev–Trinajstić information content (AvgIpc) is 2.52. The number of rotatable bonds is 6. The minimum Gasteiger partial charge on any atom is -0.504 e. The second-order valence-corrected chi connectivity index (χ2v) is 5.24. The molecule has 0 saturated carbocycles. The maximum absolute atomic E-state index is 10.1. The van der Waals surface area contributed by atoms with Gasteiger partial charge in [-0.1, -0.05) is 0 Å². The fourth-order valence-electron chi connectivity index (χ4n) is 2.40.